The van der Waals surface area contributed by atoms with E-state index in [4.69, 9.17) is 14.3 Å². The summed E-state index contributed by atoms with van der Waals surface area (Å²) in [6.45, 7) is 2.61. The molecule has 0 unspecified atom stereocenters. The van der Waals surface area contributed by atoms with Crippen molar-refractivity contribution < 1.29 is 23.9 Å². The molecule has 3 rings (SSSR count). The number of carbonyl (C=O) groups excluding carboxylic acids is 2. The Kier molecular flexibility index (Phi) is 8.89. The van der Waals surface area contributed by atoms with E-state index in [1.807, 2.05) is 24.3 Å². The van der Waals surface area contributed by atoms with Gasteiger partial charge in [0.05, 0.1) is 19.3 Å². The standard InChI is InChI=1S/C23H27N5O5/c1-3-32-21(29)7-4-5-14-28(33-17-18-8-10-20(31-2)11-9-18)22(30)19-15-24-23(25-16-19)27-13-6-12-26-27/h6,8-13,15-16H,3-5,7,14,17H2,1-2H3. The Morgan fingerprint density at radius 2 is 1.85 bits per heavy atom. The van der Waals surface area contributed by atoms with Gasteiger partial charge in [-0.25, -0.2) is 19.7 Å². The summed E-state index contributed by atoms with van der Waals surface area (Å²) in [5, 5.41) is 5.35. The minimum Gasteiger partial charge on any atom is -0.497 e. The number of carbonyl (C=O) groups is 2. The second-order valence-corrected chi connectivity index (χ2v) is 7.01. The number of esters is 1. The predicted octanol–water partition coefficient (Wildman–Crippen LogP) is 2.98. The van der Waals surface area contributed by atoms with E-state index in [1.165, 1.54) is 22.1 Å². The van der Waals surface area contributed by atoms with Crippen molar-refractivity contribution in [1.29, 1.82) is 0 Å². The molecule has 0 saturated carbocycles. The molecule has 0 aliphatic heterocycles. The molecule has 174 valence electrons. The van der Waals surface area contributed by atoms with Gasteiger partial charge in [-0.2, -0.15) is 5.10 Å². The smallest absolute Gasteiger partial charge is 0.305 e. The fourth-order valence-electron chi connectivity index (χ4n) is 2.94. The highest BCUT2D eigenvalue weighted by Gasteiger charge is 2.18. The molecule has 0 radical (unpaired) electrons. The van der Waals surface area contributed by atoms with E-state index >= 15 is 0 Å². The number of hydrogen-bond acceptors (Lipinski definition) is 8. The van der Waals surface area contributed by atoms with Crippen LogP contribution in [0, 0.1) is 0 Å². The third kappa shape index (κ3) is 7.11. The molecular weight excluding hydrogens is 426 g/mol. The lowest BCUT2D eigenvalue weighted by Gasteiger charge is -2.22. The summed E-state index contributed by atoms with van der Waals surface area (Å²) >= 11 is 0. The molecule has 0 N–H and O–H groups in total. The molecule has 33 heavy (non-hydrogen) atoms. The Bertz CT molecular complexity index is 1010. The van der Waals surface area contributed by atoms with Crippen LogP contribution < -0.4 is 4.74 Å². The van der Waals surface area contributed by atoms with Crippen LogP contribution in [0.2, 0.25) is 0 Å². The van der Waals surface area contributed by atoms with Crippen LogP contribution in [0.3, 0.4) is 0 Å². The molecule has 0 fully saturated rings. The highest BCUT2D eigenvalue weighted by atomic mass is 16.7. The zero-order valence-electron chi connectivity index (χ0n) is 18.7. The maximum atomic E-state index is 13.1. The van der Waals surface area contributed by atoms with Gasteiger partial charge in [-0.15, -0.1) is 0 Å². The van der Waals surface area contributed by atoms with Crippen molar-refractivity contribution in [2.24, 2.45) is 0 Å². The average molecular weight is 453 g/mol. The Labute approximate surface area is 192 Å². The summed E-state index contributed by atoms with van der Waals surface area (Å²) in [6.07, 6.45) is 7.64. The van der Waals surface area contributed by atoms with Crippen LogP contribution in [0.5, 0.6) is 5.75 Å². The largest absolute Gasteiger partial charge is 0.497 e. The molecule has 3 aromatic rings. The average Bonchev–Trinajstić information content (AvgIpc) is 3.39. The Morgan fingerprint density at radius 3 is 2.48 bits per heavy atom. The molecule has 1 amide bonds. The third-order valence-electron chi connectivity index (χ3n) is 4.66. The fourth-order valence-corrected chi connectivity index (χ4v) is 2.94. The zero-order chi connectivity index (χ0) is 23.5. The summed E-state index contributed by atoms with van der Waals surface area (Å²) in [5.74, 6) is 0.473. The first-order chi connectivity index (χ1) is 16.1. The number of amides is 1. The fraction of sp³-hybridized carbons (Fsp3) is 0.348. The lowest BCUT2D eigenvalue weighted by atomic mass is 10.2. The molecule has 2 aromatic heterocycles. The molecule has 0 aliphatic rings. The number of hydroxylamine groups is 2. The van der Waals surface area contributed by atoms with Crippen LogP contribution in [0.1, 0.15) is 42.1 Å². The number of aromatic nitrogens is 4. The SMILES string of the molecule is CCOC(=O)CCCCN(OCc1ccc(OC)cc1)C(=O)c1cnc(-n2cccn2)nc1. The van der Waals surface area contributed by atoms with Gasteiger partial charge in [-0.05, 0) is 43.5 Å². The second-order valence-electron chi connectivity index (χ2n) is 7.01. The molecule has 0 bridgehead atoms. The number of unbranched alkanes of at least 4 members (excludes halogenated alkanes) is 1. The molecule has 1 aromatic carbocycles. The van der Waals surface area contributed by atoms with Crippen LogP contribution in [0.25, 0.3) is 5.95 Å². The summed E-state index contributed by atoms with van der Waals surface area (Å²) < 4.78 is 11.6. The first kappa shape index (κ1) is 23.9. The van der Waals surface area contributed by atoms with E-state index < -0.39 is 0 Å². The minimum absolute atomic E-state index is 0.194. The highest BCUT2D eigenvalue weighted by molar-refractivity contribution is 5.92. The number of methoxy groups -OCH3 is 1. The first-order valence-corrected chi connectivity index (χ1v) is 10.7. The van der Waals surface area contributed by atoms with Crippen LogP contribution in [0.15, 0.2) is 55.1 Å². The second kappa shape index (κ2) is 12.3. The van der Waals surface area contributed by atoms with Crippen molar-refractivity contribution in [3.8, 4) is 11.7 Å². The summed E-state index contributed by atoms with van der Waals surface area (Å²) in [6, 6.07) is 9.14. The van der Waals surface area contributed by atoms with Crippen LogP contribution in [-0.2, 0) is 21.0 Å². The minimum atomic E-state index is -0.369. The van der Waals surface area contributed by atoms with Gasteiger partial charge in [0.25, 0.3) is 5.91 Å². The maximum absolute atomic E-state index is 13.1. The van der Waals surface area contributed by atoms with Gasteiger partial charge in [-0.1, -0.05) is 12.1 Å². The van der Waals surface area contributed by atoms with E-state index in [1.54, 1.807) is 32.5 Å². The van der Waals surface area contributed by atoms with Crippen LogP contribution in [-0.4, -0.2) is 56.9 Å². The molecule has 10 heteroatoms. The zero-order valence-corrected chi connectivity index (χ0v) is 18.7. The number of ether oxygens (including phenoxy) is 2. The molecular formula is C23H27N5O5. The van der Waals surface area contributed by atoms with Gasteiger partial charge in [0.15, 0.2) is 0 Å². The molecule has 0 saturated heterocycles. The Morgan fingerprint density at radius 1 is 1.09 bits per heavy atom. The van der Waals surface area contributed by atoms with Gasteiger partial charge in [0.1, 0.15) is 12.4 Å². The first-order valence-electron chi connectivity index (χ1n) is 10.7. The van der Waals surface area contributed by atoms with E-state index in [2.05, 4.69) is 15.1 Å². The molecule has 10 nitrogen and oxygen atoms in total. The normalized spacial score (nSPS) is 10.6. The van der Waals surface area contributed by atoms with E-state index in [0.717, 1.165) is 11.3 Å². The summed E-state index contributed by atoms with van der Waals surface area (Å²) in [5.41, 5.74) is 1.16. The van der Waals surface area contributed by atoms with Crippen molar-refractivity contribution >= 4 is 11.9 Å². The topological polar surface area (TPSA) is 109 Å². The van der Waals surface area contributed by atoms with Crippen molar-refractivity contribution in [3.63, 3.8) is 0 Å². The number of hydrogen-bond donors (Lipinski definition) is 0. The lowest BCUT2D eigenvalue weighted by Crippen LogP contribution is -2.32. The Balaban J connectivity index is 1.64. The van der Waals surface area contributed by atoms with E-state index in [9.17, 15) is 9.59 Å². The molecule has 0 aliphatic carbocycles. The lowest BCUT2D eigenvalue weighted by molar-refractivity contribution is -0.144. The van der Waals surface area contributed by atoms with Gasteiger partial charge < -0.3 is 9.47 Å². The van der Waals surface area contributed by atoms with Gasteiger partial charge in [-0.3, -0.25) is 14.4 Å². The monoisotopic (exact) mass is 453 g/mol. The third-order valence-corrected chi connectivity index (χ3v) is 4.66. The van der Waals surface area contributed by atoms with E-state index in [0.29, 0.717) is 31.9 Å². The molecule has 0 atom stereocenters. The molecule has 0 spiro atoms. The van der Waals surface area contributed by atoms with Gasteiger partial charge in [0, 0.05) is 37.8 Å². The van der Waals surface area contributed by atoms with Gasteiger partial charge in [0.2, 0.25) is 5.95 Å². The van der Waals surface area contributed by atoms with Crippen molar-refractivity contribution in [3.05, 3.63) is 66.2 Å². The summed E-state index contributed by atoms with van der Waals surface area (Å²) in [7, 11) is 1.60. The van der Waals surface area contributed by atoms with Gasteiger partial charge >= 0.3 is 5.97 Å². The number of benzene rings is 1. The highest BCUT2D eigenvalue weighted by Crippen LogP contribution is 2.14. The molecule has 2 heterocycles. The quantitative estimate of drug-likeness (QED) is 0.234. The predicted molar refractivity (Wildman–Crippen MR) is 118 cm³/mol. The summed E-state index contributed by atoms with van der Waals surface area (Å²) in [4.78, 5) is 38.9. The Hall–Kier alpha value is -3.79. The van der Waals surface area contributed by atoms with E-state index in [-0.39, 0.29) is 30.5 Å². The van der Waals surface area contributed by atoms with Crippen molar-refractivity contribution in [2.75, 3.05) is 20.3 Å². The number of nitrogens with zero attached hydrogens (tertiary/aromatic N) is 5. The van der Waals surface area contributed by atoms with Crippen LogP contribution >= 0.6 is 0 Å². The maximum Gasteiger partial charge on any atom is 0.305 e. The van der Waals surface area contributed by atoms with Crippen molar-refractivity contribution in [1.82, 2.24) is 24.8 Å². The number of rotatable bonds is 12. The van der Waals surface area contributed by atoms with Crippen molar-refractivity contribution in [2.45, 2.75) is 32.8 Å². The van der Waals surface area contributed by atoms with Crippen LogP contribution in [0.4, 0.5) is 0 Å².